The van der Waals surface area contributed by atoms with Gasteiger partial charge in [-0.3, -0.25) is 4.79 Å². The van der Waals surface area contributed by atoms with Gasteiger partial charge in [-0.05, 0) is 55.5 Å². The highest BCUT2D eigenvalue weighted by atomic mass is 35.5. The highest BCUT2D eigenvalue weighted by molar-refractivity contribution is 7.91. The van der Waals surface area contributed by atoms with Gasteiger partial charge in [0.15, 0.2) is 15.9 Å². The maximum atomic E-state index is 12.1. The first-order valence-corrected chi connectivity index (χ1v) is 9.41. The molecule has 5 nitrogen and oxygen atoms in total. The SMILES string of the molecule is CCS(=O)(=O)c1ccc(NC(=O)[C@@H](C)Oc2ccc(Cl)cc2)cc1. The minimum Gasteiger partial charge on any atom is -0.481 e. The van der Waals surface area contributed by atoms with E-state index in [1.807, 2.05) is 0 Å². The molecule has 0 saturated carbocycles. The summed E-state index contributed by atoms with van der Waals surface area (Å²) in [6.45, 7) is 3.21. The van der Waals surface area contributed by atoms with Gasteiger partial charge in [-0.25, -0.2) is 8.42 Å². The van der Waals surface area contributed by atoms with Crippen LogP contribution in [0.5, 0.6) is 5.75 Å². The van der Waals surface area contributed by atoms with Gasteiger partial charge >= 0.3 is 0 Å². The normalized spacial score (nSPS) is 12.5. The van der Waals surface area contributed by atoms with E-state index in [2.05, 4.69) is 5.32 Å². The molecule has 0 aliphatic rings. The fourth-order valence-corrected chi connectivity index (χ4v) is 2.94. The third-order valence-corrected chi connectivity index (χ3v) is 5.36. The molecule has 128 valence electrons. The number of carbonyl (C=O) groups excluding carboxylic acids is 1. The molecule has 7 heteroatoms. The second kappa shape index (κ2) is 7.68. The third kappa shape index (κ3) is 4.72. The fourth-order valence-electron chi connectivity index (χ4n) is 1.93. The van der Waals surface area contributed by atoms with E-state index in [-0.39, 0.29) is 16.6 Å². The largest absolute Gasteiger partial charge is 0.481 e. The zero-order chi connectivity index (χ0) is 17.7. The van der Waals surface area contributed by atoms with E-state index < -0.39 is 15.9 Å². The maximum absolute atomic E-state index is 12.1. The van der Waals surface area contributed by atoms with Crippen molar-refractivity contribution in [3.8, 4) is 5.75 Å². The number of hydrogen-bond donors (Lipinski definition) is 1. The monoisotopic (exact) mass is 367 g/mol. The van der Waals surface area contributed by atoms with Gasteiger partial charge in [-0.1, -0.05) is 18.5 Å². The van der Waals surface area contributed by atoms with Crippen LogP contribution in [0.3, 0.4) is 0 Å². The Morgan fingerprint density at radius 1 is 1.12 bits per heavy atom. The first kappa shape index (κ1) is 18.3. The number of benzene rings is 2. The van der Waals surface area contributed by atoms with Crippen molar-refractivity contribution in [3.05, 3.63) is 53.6 Å². The molecule has 0 saturated heterocycles. The Bertz CT molecular complexity index is 801. The number of halogens is 1. The van der Waals surface area contributed by atoms with E-state index in [4.69, 9.17) is 16.3 Å². The van der Waals surface area contributed by atoms with E-state index >= 15 is 0 Å². The van der Waals surface area contributed by atoms with Gasteiger partial charge < -0.3 is 10.1 Å². The zero-order valence-corrected chi connectivity index (χ0v) is 14.9. The van der Waals surface area contributed by atoms with Gasteiger partial charge in [0.25, 0.3) is 5.91 Å². The van der Waals surface area contributed by atoms with Crippen LogP contribution in [-0.2, 0) is 14.6 Å². The average Bonchev–Trinajstić information content (AvgIpc) is 2.57. The van der Waals surface area contributed by atoms with Crippen molar-refractivity contribution in [1.82, 2.24) is 0 Å². The van der Waals surface area contributed by atoms with Crippen molar-refractivity contribution in [2.24, 2.45) is 0 Å². The summed E-state index contributed by atoms with van der Waals surface area (Å²) in [6.07, 6.45) is -0.717. The molecule has 0 heterocycles. The molecule has 0 aromatic heterocycles. The number of hydrogen-bond acceptors (Lipinski definition) is 4. The predicted octanol–water partition coefficient (Wildman–Crippen LogP) is 3.54. The van der Waals surface area contributed by atoms with Crippen LogP contribution in [-0.4, -0.2) is 26.2 Å². The van der Waals surface area contributed by atoms with Crippen LogP contribution in [0.2, 0.25) is 5.02 Å². The van der Waals surface area contributed by atoms with Crippen LogP contribution < -0.4 is 10.1 Å². The minimum absolute atomic E-state index is 0.0324. The summed E-state index contributed by atoms with van der Waals surface area (Å²) in [5, 5.41) is 3.27. The van der Waals surface area contributed by atoms with Crippen molar-refractivity contribution < 1.29 is 17.9 Å². The van der Waals surface area contributed by atoms with Crippen LogP contribution in [0.4, 0.5) is 5.69 Å². The van der Waals surface area contributed by atoms with Gasteiger partial charge in [-0.2, -0.15) is 0 Å². The van der Waals surface area contributed by atoms with Gasteiger partial charge in [0.2, 0.25) is 0 Å². The molecule has 2 aromatic carbocycles. The summed E-state index contributed by atoms with van der Waals surface area (Å²) in [5.41, 5.74) is 0.501. The topological polar surface area (TPSA) is 72.5 Å². The fraction of sp³-hybridized carbons (Fsp3) is 0.235. The molecule has 2 rings (SSSR count). The lowest BCUT2D eigenvalue weighted by Crippen LogP contribution is -2.30. The number of amides is 1. The standard InChI is InChI=1S/C17H18ClNO4S/c1-3-24(21,22)16-10-6-14(7-11-16)19-17(20)12(2)23-15-8-4-13(18)5-9-15/h4-12H,3H2,1-2H3,(H,19,20)/t12-/m1/s1. The number of anilines is 1. The Morgan fingerprint density at radius 3 is 2.25 bits per heavy atom. The van der Waals surface area contributed by atoms with Crippen molar-refractivity contribution >= 4 is 33.0 Å². The molecular formula is C17H18ClNO4S. The Hall–Kier alpha value is -2.05. The minimum atomic E-state index is -3.25. The lowest BCUT2D eigenvalue weighted by Gasteiger charge is -2.15. The van der Waals surface area contributed by atoms with Crippen LogP contribution in [0.15, 0.2) is 53.4 Å². The first-order valence-electron chi connectivity index (χ1n) is 7.37. The molecule has 2 aromatic rings. The van der Waals surface area contributed by atoms with Crippen molar-refractivity contribution in [2.45, 2.75) is 24.8 Å². The molecular weight excluding hydrogens is 350 g/mol. The van der Waals surface area contributed by atoms with Crippen LogP contribution >= 0.6 is 11.6 Å². The second-order valence-electron chi connectivity index (χ2n) is 5.13. The highest BCUT2D eigenvalue weighted by Gasteiger charge is 2.16. The first-order chi connectivity index (χ1) is 11.3. The van der Waals surface area contributed by atoms with Crippen molar-refractivity contribution in [2.75, 3.05) is 11.1 Å². The highest BCUT2D eigenvalue weighted by Crippen LogP contribution is 2.18. The van der Waals surface area contributed by atoms with Crippen LogP contribution in [0, 0.1) is 0 Å². The van der Waals surface area contributed by atoms with E-state index in [1.165, 1.54) is 12.1 Å². The third-order valence-electron chi connectivity index (χ3n) is 3.36. The van der Waals surface area contributed by atoms with Gasteiger partial charge in [0.05, 0.1) is 10.6 Å². The Balaban J connectivity index is 1.99. The number of carbonyl (C=O) groups is 1. The van der Waals surface area contributed by atoms with E-state index in [0.717, 1.165) is 0 Å². The van der Waals surface area contributed by atoms with Crippen molar-refractivity contribution in [3.63, 3.8) is 0 Å². The molecule has 0 spiro atoms. The number of rotatable bonds is 6. The zero-order valence-electron chi connectivity index (χ0n) is 13.3. The summed E-state index contributed by atoms with van der Waals surface area (Å²) in [5.74, 6) is 0.229. The molecule has 0 unspecified atom stereocenters. The Labute approximate surface area is 146 Å². The van der Waals surface area contributed by atoms with Gasteiger partial charge in [-0.15, -0.1) is 0 Å². The van der Waals surface area contributed by atoms with E-state index in [1.54, 1.807) is 50.2 Å². The molecule has 1 amide bonds. The van der Waals surface area contributed by atoms with Gasteiger partial charge in [0, 0.05) is 10.7 Å². The van der Waals surface area contributed by atoms with Crippen LogP contribution in [0.25, 0.3) is 0 Å². The second-order valence-corrected chi connectivity index (χ2v) is 7.85. The van der Waals surface area contributed by atoms with Crippen molar-refractivity contribution in [1.29, 1.82) is 0 Å². The molecule has 0 aliphatic carbocycles. The summed E-state index contributed by atoms with van der Waals surface area (Å²) in [7, 11) is -3.25. The summed E-state index contributed by atoms with van der Waals surface area (Å²) < 4.78 is 29.0. The molecule has 24 heavy (non-hydrogen) atoms. The Kier molecular flexibility index (Phi) is 5.85. The summed E-state index contributed by atoms with van der Waals surface area (Å²) in [6, 6.07) is 12.7. The maximum Gasteiger partial charge on any atom is 0.265 e. The lowest BCUT2D eigenvalue weighted by molar-refractivity contribution is -0.122. The molecule has 1 atom stereocenters. The average molecular weight is 368 g/mol. The molecule has 0 fully saturated rings. The predicted molar refractivity (Wildman–Crippen MR) is 94.3 cm³/mol. The number of ether oxygens (including phenoxy) is 1. The summed E-state index contributed by atoms with van der Waals surface area (Å²) in [4.78, 5) is 12.4. The summed E-state index contributed by atoms with van der Waals surface area (Å²) >= 11 is 5.80. The number of sulfone groups is 1. The van der Waals surface area contributed by atoms with E-state index in [0.29, 0.717) is 16.5 Å². The molecule has 0 aliphatic heterocycles. The number of nitrogens with one attached hydrogen (secondary N) is 1. The van der Waals surface area contributed by atoms with Crippen LogP contribution in [0.1, 0.15) is 13.8 Å². The molecule has 0 bridgehead atoms. The van der Waals surface area contributed by atoms with Gasteiger partial charge in [0.1, 0.15) is 5.75 Å². The van der Waals surface area contributed by atoms with E-state index in [9.17, 15) is 13.2 Å². The lowest BCUT2D eigenvalue weighted by atomic mass is 10.3. The molecule has 0 radical (unpaired) electrons. The quantitative estimate of drug-likeness (QED) is 0.847. The smallest absolute Gasteiger partial charge is 0.265 e. The Morgan fingerprint density at radius 2 is 1.71 bits per heavy atom. The molecule has 1 N–H and O–H groups in total.